The van der Waals surface area contributed by atoms with Gasteiger partial charge in [0.05, 0.1) is 0 Å². The fourth-order valence-electron chi connectivity index (χ4n) is 2.86. The van der Waals surface area contributed by atoms with Crippen LogP contribution in [0.3, 0.4) is 0 Å². The van der Waals surface area contributed by atoms with Gasteiger partial charge in [-0.1, -0.05) is 71.4 Å². The number of unbranched alkanes of at least 4 members (excludes halogenated alkanes) is 3. The van der Waals surface area contributed by atoms with Crippen LogP contribution in [-0.2, 0) is 9.59 Å². The van der Waals surface area contributed by atoms with Crippen molar-refractivity contribution in [1.82, 2.24) is 0 Å². The van der Waals surface area contributed by atoms with Crippen LogP contribution in [0, 0.1) is 5.92 Å². The van der Waals surface area contributed by atoms with E-state index in [-0.39, 0.29) is 11.9 Å². The Balaban J connectivity index is 2.38. The van der Waals surface area contributed by atoms with Gasteiger partial charge in [-0.3, -0.25) is 9.59 Å². The van der Waals surface area contributed by atoms with Crippen molar-refractivity contribution in [3.63, 3.8) is 0 Å². The van der Waals surface area contributed by atoms with Gasteiger partial charge in [-0.2, -0.15) is 0 Å². The molecule has 1 aromatic carbocycles. The second kappa shape index (κ2) is 13.4. The molecule has 0 saturated carbocycles. The number of hydrogen-bond acceptors (Lipinski definition) is 4. The van der Waals surface area contributed by atoms with E-state index in [4.69, 9.17) is 9.47 Å². The third-order valence-electron chi connectivity index (χ3n) is 4.68. The normalized spacial score (nSPS) is 10.8. The van der Waals surface area contributed by atoms with Crippen molar-refractivity contribution in [2.45, 2.75) is 85.0 Å². The zero-order chi connectivity index (χ0) is 19.2. The molecule has 0 N–H and O–H groups in total. The maximum absolute atomic E-state index is 12.1. The SMILES string of the molecule is CCCCC(=O)Oc1ccccc1OC(=O)CCCCCC(CC)CC. The molecule has 0 spiro atoms. The van der Waals surface area contributed by atoms with Crippen molar-refractivity contribution in [3.8, 4) is 11.5 Å². The minimum absolute atomic E-state index is 0.274. The number of rotatable bonds is 13. The van der Waals surface area contributed by atoms with E-state index in [0.29, 0.717) is 24.3 Å². The lowest BCUT2D eigenvalue weighted by molar-refractivity contribution is -0.137. The Labute approximate surface area is 158 Å². The van der Waals surface area contributed by atoms with Crippen LogP contribution in [0.1, 0.15) is 85.0 Å². The van der Waals surface area contributed by atoms with Gasteiger partial charge in [0.1, 0.15) is 0 Å². The minimum atomic E-state index is -0.295. The first kappa shape index (κ1) is 22.2. The standard InChI is InChI=1S/C22H34O4/c1-4-7-16-21(23)25-19-14-11-12-15-20(19)26-22(24)17-10-8-9-13-18(5-2)6-3/h11-12,14-15,18H,4-10,13,16-17H2,1-3H3. The summed E-state index contributed by atoms with van der Waals surface area (Å²) in [6, 6.07) is 6.84. The monoisotopic (exact) mass is 362 g/mol. The summed E-state index contributed by atoms with van der Waals surface area (Å²) >= 11 is 0. The van der Waals surface area contributed by atoms with Crippen molar-refractivity contribution < 1.29 is 19.1 Å². The van der Waals surface area contributed by atoms with E-state index in [1.807, 2.05) is 6.92 Å². The van der Waals surface area contributed by atoms with Crippen LogP contribution in [0.15, 0.2) is 24.3 Å². The molecule has 4 heteroatoms. The topological polar surface area (TPSA) is 52.6 Å². The molecule has 146 valence electrons. The molecule has 0 amide bonds. The third kappa shape index (κ3) is 9.02. The van der Waals surface area contributed by atoms with Gasteiger partial charge in [0.2, 0.25) is 0 Å². The Morgan fingerprint density at radius 2 is 1.35 bits per heavy atom. The van der Waals surface area contributed by atoms with E-state index in [0.717, 1.165) is 38.0 Å². The van der Waals surface area contributed by atoms with Crippen molar-refractivity contribution in [2.75, 3.05) is 0 Å². The molecular formula is C22H34O4. The molecule has 0 radical (unpaired) electrons. The van der Waals surface area contributed by atoms with Crippen LogP contribution in [0.25, 0.3) is 0 Å². The van der Waals surface area contributed by atoms with E-state index in [1.165, 1.54) is 19.3 Å². The Kier molecular flexibility index (Phi) is 11.4. The van der Waals surface area contributed by atoms with Crippen LogP contribution in [0.2, 0.25) is 0 Å². The molecule has 0 fully saturated rings. The van der Waals surface area contributed by atoms with Gasteiger partial charge in [-0.15, -0.1) is 0 Å². The summed E-state index contributed by atoms with van der Waals surface area (Å²) in [6.45, 7) is 6.49. The summed E-state index contributed by atoms with van der Waals surface area (Å²) in [5, 5.41) is 0. The molecule has 1 rings (SSSR count). The third-order valence-corrected chi connectivity index (χ3v) is 4.68. The van der Waals surface area contributed by atoms with Crippen LogP contribution in [-0.4, -0.2) is 11.9 Å². The molecule has 1 aromatic rings. The van der Waals surface area contributed by atoms with Gasteiger partial charge in [0.15, 0.2) is 11.5 Å². The maximum Gasteiger partial charge on any atom is 0.311 e. The second-order valence-electron chi connectivity index (χ2n) is 6.78. The molecule has 0 aliphatic carbocycles. The van der Waals surface area contributed by atoms with Crippen molar-refractivity contribution >= 4 is 11.9 Å². The summed E-state index contributed by atoms with van der Waals surface area (Å²) in [6.07, 6.45) is 9.20. The van der Waals surface area contributed by atoms with Crippen LogP contribution in [0.4, 0.5) is 0 Å². The smallest absolute Gasteiger partial charge is 0.311 e. The largest absolute Gasteiger partial charge is 0.423 e. The van der Waals surface area contributed by atoms with Gasteiger partial charge < -0.3 is 9.47 Å². The van der Waals surface area contributed by atoms with Gasteiger partial charge >= 0.3 is 11.9 Å². The summed E-state index contributed by atoms with van der Waals surface area (Å²) < 4.78 is 10.7. The molecule has 26 heavy (non-hydrogen) atoms. The minimum Gasteiger partial charge on any atom is -0.423 e. The van der Waals surface area contributed by atoms with Crippen molar-refractivity contribution in [2.24, 2.45) is 5.92 Å². The van der Waals surface area contributed by atoms with Crippen LogP contribution < -0.4 is 9.47 Å². The van der Waals surface area contributed by atoms with Crippen molar-refractivity contribution in [3.05, 3.63) is 24.3 Å². The van der Waals surface area contributed by atoms with Gasteiger partial charge in [0, 0.05) is 12.8 Å². The Bertz CT molecular complexity index is 535. The van der Waals surface area contributed by atoms with E-state index in [1.54, 1.807) is 24.3 Å². The number of benzene rings is 1. The first-order valence-corrected chi connectivity index (χ1v) is 10.1. The van der Waals surface area contributed by atoms with Gasteiger partial charge in [-0.05, 0) is 30.9 Å². The number of carbonyl (C=O) groups is 2. The average molecular weight is 363 g/mol. The first-order chi connectivity index (χ1) is 12.6. The Morgan fingerprint density at radius 3 is 1.85 bits per heavy atom. The van der Waals surface area contributed by atoms with Crippen LogP contribution in [0.5, 0.6) is 11.5 Å². The lowest BCUT2D eigenvalue weighted by atomic mass is 9.96. The van der Waals surface area contributed by atoms with Crippen molar-refractivity contribution in [1.29, 1.82) is 0 Å². The highest BCUT2D eigenvalue weighted by Crippen LogP contribution is 2.27. The molecular weight excluding hydrogens is 328 g/mol. The zero-order valence-corrected chi connectivity index (χ0v) is 16.6. The number of carbonyl (C=O) groups excluding carboxylic acids is 2. The lowest BCUT2D eigenvalue weighted by Crippen LogP contribution is -2.12. The van der Waals surface area contributed by atoms with E-state index in [2.05, 4.69) is 13.8 Å². The number of hydrogen-bond donors (Lipinski definition) is 0. The molecule has 4 nitrogen and oxygen atoms in total. The molecule has 0 saturated heterocycles. The van der Waals surface area contributed by atoms with Gasteiger partial charge in [-0.25, -0.2) is 0 Å². The summed E-state index contributed by atoms with van der Waals surface area (Å²) in [5.74, 6) is 0.868. The number of para-hydroxylation sites is 2. The maximum atomic E-state index is 12.1. The molecule has 0 aromatic heterocycles. The first-order valence-electron chi connectivity index (χ1n) is 10.1. The fraction of sp³-hybridized carbons (Fsp3) is 0.636. The van der Waals surface area contributed by atoms with Crippen LogP contribution >= 0.6 is 0 Å². The average Bonchev–Trinajstić information content (AvgIpc) is 2.64. The molecule has 0 atom stereocenters. The van der Waals surface area contributed by atoms with E-state index >= 15 is 0 Å². The quantitative estimate of drug-likeness (QED) is 0.243. The predicted molar refractivity (Wildman–Crippen MR) is 104 cm³/mol. The highest BCUT2D eigenvalue weighted by molar-refractivity contribution is 5.76. The molecule has 0 aliphatic rings. The number of ether oxygens (including phenoxy) is 2. The molecule has 0 bridgehead atoms. The number of esters is 2. The summed E-state index contributed by atoms with van der Waals surface area (Å²) in [7, 11) is 0. The molecule has 0 aliphatic heterocycles. The molecule has 0 unspecified atom stereocenters. The Hall–Kier alpha value is -1.84. The summed E-state index contributed by atoms with van der Waals surface area (Å²) in [5.41, 5.74) is 0. The second-order valence-corrected chi connectivity index (χ2v) is 6.78. The lowest BCUT2D eigenvalue weighted by Gasteiger charge is -2.12. The van der Waals surface area contributed by atoms with Gasteiger partial charge in [0.25, 0.3) is 0 Å². The highest BCUT2D eigenvalue weighted by atomic mass is 16.6. The van der Waals surface area contributed by atoms with E-state index in [9.17, 15) is 9.59 Å². The predicted octanol–water partition coefficient (Wildman–Crippen LogP) is 6.07. The highest BCUT2D eigenvalue weighted by Gasteiger charge is 2.13. The zero-order valence-electron chi connectivity index (χ0n) is 16.6. The summed E-state index contributed by atoms with van der Waals surface area (Å²) in [4.78, 5) is 23.9. The Morgan fingerprint density at radius 1 is 0.808 bits per heavy atom. The molecule has 0 heterocycles. The van der Waals surface area contributed by atoms with E-state index < -0.39 is 0 Å². The fourth-order valence-corrected chi connectivity index (χ4v) is 2.86.